The third kappa shape index (κ3) is 7.15. The number of rotatable bonds is 3. The Balaban J connectivity index is 1.93. The SMILES string of the molecule is C=CC[C@H]1C(=O)C(C)(C)[C@H](O)CC(=O)N[C@H](c2ccc3sc(C)nc3c2)C/C=C(/C)CCC[C@@H](C)[C@@H]1O. The van der Waals surface area contributed by atoms with E-state index in [0.717, 1.165) is 40.1 Å². The zero-order valence-corrected chi connectivity index (χ0v) is 23.6. The Bertz CT molecular complexity index is 1150. The second-order valence-corrected chi connectivity index (χ2v) is 12.4. The lowest BCUT2D eigenvalue weighted by atomic mass is 9.71. The lowest BCUT2D eigenvalue weighted by Crippen LogP contribution is -2.47. The zero-order valence-electron chi connectivity index (χ0n) is 22.8. The Morgan fingerprint density at radius 1 is 1.24 bits per heavy atom. The number of aliphatic hydroxyl groups excluding tert-OH is 2. The summed E-state index contributed by atoms with van der Waals surface area (Å²) in [5.41, 5.74) is 1.89. The first kappa shape index (κ1) is 29.2. The van der Waals surface area contributed by atoms with Crippen molar-refractivity contribution in [3.05, 3.63) is 53.1 Å². The van der Waals surface area contributed by atoms with Crippen molar-refractivity contribution in [2.75, 3.05) is 0 Å². The van der Waals surface area contributed by atoms with E-state index in [-0.39, 0.29) is 30.1 Å². The summed E-state index contributed by atoms with van der Waals surface area (Å²) in [6.45, 7) is 13.1. The molecule has 202 valence electrons. The molecule has 6 nitrogen and oxygen atoms in total. The first-order chi connectivity index (χ1) is 17.4. The monoisotopic (exact) mass is 526 g/mol. The van der Waals surface area contributed by atoms with Gasteiger partial charge in [-0.25, -0.2) is 4.98 Å². The van der Waals surface area contributed by atoms with Gasteiger partial charge in [0.1, 0.15) is 5.78 Å². The quantitative estimate of drug-likeness (QED) is 0.438. The second kappa shape index (κ2) is 12.5. The van der Waals surface area contributed by atoms with Crippen molar-refractivity contribution in [2.24, 2.45) is 17.3 Å². The van der Waals surface area contributed by atoms with Crippen molar-refractivity contribution >= 4 is 33.2 Å². The number of nitrogens with zero attached hydrogens (tertiary/aromatic N) is 1. The standard InChI is InChI=1S/C30H42N2O4S/c1-7-9-22-28(35)19(3)11-8-10-18(2)12-14-23(21-13-15-25-24(16-21)31-20(4)37-25)32-27(34)17-26(33)30(5,6)29(22)36/h7,12-13,15-16,19,22-23,26,28,33,35H,1,8-11,14,17H2,2-6H3,(H,32,34)/b18-12-/t19-,22-,23+,26-,28+/m1/s1. The fourth-order valence-corrected chi connectivity index (χ4v) is 5.96. The first-order valence-electron chi connectivity index (χ1n) is 13.3. The molecule has 1 aliphatic rings. The van der Waals surface area contributed by atoms with Crippen LogP contribution in [-0.4, -0.2) is 39.1 Å². The minimum atomic E-state index is -1.20. The Morgan fingerprint density at radius 3 is 2.68 bits per heavy atom. The van der Waals surface area contributed by atoms with Crippen LogP contribution in [0.25, 0.3) is 10.2 Å². The van der Waals surface area contributed by atoms with Gasteiger partial charge in [-0.1, -0.05) is 44.6 Å². The summed E-state index contributed by atoms with van der Waals surface area (Å²) in [6.07, 6.45) is 5.08. The van der Waals surface area contributed by atoms with Gasteiger partial charge in [0.05, 0.1) is 45.3 Å². The van der Waals surface area contributed by atoms with E-state index in [9.17, 15) is 19.8 Å². The number of benzene rings is 1. The zero-order chi connectivity index (χ0) is 27.3. The van der Waals surface area contributed by atoms with Gasteiger partial charge >= 0.3 is 0 Å². The summed E-state index contributed by atoms with van der Waals surface area (Å²) in [4.78, 5) is 31.3. The molecule has 0 saturated carbocycles. The summed E-state index contributed by atoms with van der Waals surface area (Å²) in [6, 6.07) is 5.82. The van der Waals surface area contributed by atoms with Crippen molar-refractivity contribution in [3.63, 3.8) is 0 Å². The van der Waals surface area contributed by atoms with Crippen LogP contribution in [0.2, 0.25) is 0 Å². The van der Waals surface area contributed by atoms with E-state index in [2.05, 4.69) is 29.9 Å². The average molecular weight is 527 g/mol. The van der Waals surface area contributed by atoms with Gasteiger partial charge in [0.15, 0.2) is 0 Å². The number of aromatic nitrogens is 1. The van der Waals surface area contributed by atoms with Crippen LogP contribution in [0.4, 0.5) is 0 Å². The number of hydrogen-bond donors (Lipinski definition) is 3. The number of fused-ring (bicyclic) bond motifs is 1. The molecule has 0 bridgehead atoms. The lowest BCUT2D eigenvalue weighted by molar-refractivity contribution is -0.144. The van der Waals surface area contributed by atoms with Gasteiger partial charge in [-0.15, -0.1) is 17.9 Å². The fraction of sp³-hybridized carbons (Fsp3) is 0.567. The van der Waals surface area contributed by atoms with Crippen molar-refractivity contribution in [1.82, 2.24) is 10.3 Å². The van der Waals surface area contributed by atoms with E-state index in [4.69, 9.17) is 0 Å². The third-order valence-corrected chi connectivity index (χ3v) is 8.74. The van der Waals surface area contributed by atoms with Crippen molar-refractivity contribution in [2.45, 2.75) is 91.4 Å². The summed E-state index contributed by atoms with van der Waals surface area (Å²) in [7, 11) is 0. The Morgan fingerprint density at radius 2 is 1.97 bits per heavy atom. The molecular weight excluding hydrogens is 484 g/mol. The second-order valence-electron chi connectivity index (χ2n) is 11.2. The first-order valence-corrected chi connectivity index (χ1v) is 14.1. The topological polar surface area (TPSA) is 99.5 Å². The van der Waals surface area contributed by atoms with Gasteiger partial charge in [-0.05, 0) is 69.6 Å². The molecule has 5 atom stereocenters. The van der Waals surface area contributed by atoms with Gasteiger partial charge in [0.25, 0.3) is 0 Å². The molecule has 1 aliphatic heterocycles. The van der Waals surface area contributed by atoms with Crippen LogP contribution in [0, 0.1) is 24.2 Å². The number of Topliss-reactive ketones (excluding diaryl/α,β-unsaturated/α-hetero) is 1. The molecule has 37 heavy (non-hydrogen) atoms. The van der Waals surface area contributed by atoms with Crippen LogP contribution in [0.1, 0.15) is 82.8 Å². The highest BCUT2D eigenvalue weighted by Gasteiger charge is 2.43. The summed E-state index contributed by atoms with van der Waals surface area (Å²) in [5, 5.41) is 26.2. The van der Waals surface area contributed by atoms with Crippen LogP contribution in [0.5, 0.6) is 0 Å². The molecule has 1 aromatic carbocycles. The average Bonchev–Trinajstić information content (AvgIpc) is 3.22. The molecule has 1 aromatic heterocycles. The largest absolute Gasteiger partial charge is 0.392 e. The lowest BCUT2D eigenvalue weighted by Gasteiger charge is -2.35. The molecule has 2 aromatic rings. The van der Waals surface area contributed by atoms with Crippen molar-refractivity contribution in [3.8, 4) is 0 Å². The number of amides is 1. The number of aryl methyl sites for hydroxylation is 1. The molecule has 2 heterocycles. The van der Waals surface area contributed by atoms with Crippen LogP contribution in [0.15, 0.2) is 42.5 Å². The maximum atomic E-state index is 13.6. The number of hydrogen-bond acceptors (Lipinski definition) is 6. The summed E-state index contributed by atoms with van der Waals surface area (Å²) >= 11 is 1.64. The van der Waals surface area contributed by atoms with Gasteiger partial charge in [-0.2, -0.15) is 0 Å². The molecule has 7 heteroatoms. The van der Waals surface area contributed by atoms with E-state index < -0.39 is 23.5 Å². The number of thiazole rings is 1. The highest BCUT2D eigenvalue weighted by Crippen LogP contribution is 2.34. The minimum absolute atomic E-state index is 0.0770. The summed E-state index contributed by atoms with van der Waals surface area (Å²) < 4.78 is 1.11. The maximum Gasteiger partial charge on any atom is 0.223 e. The normalized spacial score (nSPS) is 29.9. The fourth-order valence-electron chi connectivity index (χ4n) is 5.15. The van der Waals surface area contributed by atoms with Gasteiger partial charge < -0.3 is 15.5 Å². The highest BCUT2D eigenvalue weighted by atomic mass is 32.1. The molecule has 0 fully saturated rings. The molecule has 0 unspecified atom stereocenters. The van der Waals surface area contributed by atoms with E-state index in [1.165, 1.54) is 5.57 Å². The van der Waals surface area contributed by atoms with Crippen molar-refractivity contribution in [1.29, 1.82) is 0 Å². The molecule has 1 amide bonds. The molecular formula is C30H42N2O4S. The molecule has 0 aliphatic carbocycles. The predicted octanol–water partition coefficient (Wildman–Crippen LogP) is 5.82. The smallest absolute Gasteiger partial charge is 0.223 e. The van der Waals surface area contributed by atoms with Crippen LogP contribution in [-0.2, 0) is 9.59 Å². The predicted molar refractivity (Wildman–Crippen MR) is 150 cm³/mol. The number of nitrogens with one attached hydrogen (secondary N) is 1. The summed E-state index contributed by atoms with van der Waals surface area (Å²) in [5.74, 6) is -1.31. The van der Waals surface area contributed by atoms with Gasteiger partial charge in [0.2, 0.25) is 5.91 Å². The highest BCUT2D eigenvalue weighted by molar-refractivity contribution is 7.18. The molecule has 3 N–H and O–H groups in total. The molecule has 0 spiro atoms. The molecule has 0 saturated heterocycles. The Labute approximate surface area is 224 Å². The number of carbonyl (C=O) groups is 2. The molecule has 0 radical (unpaired) electrons. The van der Waals surface area contributed by atoms with Crippen LogP contribution in [0.3, 0.4) is 0 Å². The minimum Gasteiger partial charge on any atom is -0.392 e. The maximum absolute atomic E-state index is 13.6. The van der Waals surface area contributed by atoms with E-state index >= 15 is 0 Å². The Kier molecular flexibility index (Phi) is 9.84. The number of allylic oxidation sites excluding steroid dienone is 2. The van der Waals surface area contributed by atoms with Gasteiger partial charge in [0, 0.05) is 5.92 Å². The van der Waals surface area contributed by atoms with E-state index in [1.807, 2.05) is 32.0 Å². The number of carbonyl (C=O) groups excluding carboxylic acids is 2. The van der Waals surface area contributed by atoms with Gasteiger partial charge in [-0.3, -0.25) is 9.59 Å². The van der Waals surface area contributed by atoms with E-state index in [0.29, 0.717) is 12.8 Å². The third-order valence-electron chi connectivity index (χ3n) is 7.79. The van der Waals surface area contributed by atoms with Crippen molar-refractivity contribution < 1.29 is 19.8 Å². The molecule has 3 rings (SSSR count). The number of aliphatic hydroxyl groups is 2. The Hall–Kier alpha value is -2.35. The number of ketones is 1. The van der Waals surface area contributed by atoms with Crippen LogP contribution < -0.4 is 5.32 Å². The van der Waals surface area contributed by atoms with E-state index in [1.54, 1.807) is 31.3 Å². The van der Waals surface area contributed by atoms with Crippen LogP contribution >= 0.6 is 11.3 Å².